The van der Waals surface area contributed by atoms with Crippen LogP contribution in [-0.2, 0) is 17.8 Å². The molecule has 0 radical (unpaired) electrons. The van der Waals surface area contributed by atoms with Gasteiger partial charge in [0.1, 0.15) is 9.71 Å². The molecule has 7 heteroatoms. The van der Waals surface area contributed by atoms with Gasteiger partial charge in [0.25, 0.3) is 5.91 Å². The van der Waals surface area contributed by atoms with Gasteiger partial charge in [0, 0.05) is 33.6 Å². The Hall–Kier alpha value is -2.93. The number of nitrogen functional groups attached to an aromatic ring is 1. The Morgan fingerprint density at radius 3 is 2.67 bits per heavy atom. The van der Waals surface area contributed by atoms with Crippen LogP contribution in [0.4, 0.5) is 11.4 Å². The molecule has 1 aliphatic rings. The number of aromatic nitrogens is 1. The van der Waals surface area contributed by atoms with Crippen molar-refractivity contribution in [2.45, 2.75) is 13.0 Å². The van der Waals surface area contributed by atoms with Crippen LogP contribution < -0.4 is 11.1 Å². The second-order valence-electron chi connectivity index (χ2n) is 7.07. The number of pyridine rings is 1. The first-order valence-electron chi connectivity index (χ1n) is 9.55. The smallest absolute Gasteiger partial charge is 0.267 e. The molecule has 3 heterocycles. The van der Waals surface area contributed by atoms with Crippen molar-refractivity contribution < 1.29 is 9.53 Å². The maximum Gasteiger partial charge on any atom is 0.267 e. The number of carbonyl (C=O) groups excluding carboxylic acids is 1. The summed E-state index contributed by atoms with van der Waals surface area (Å²) < 4.78 is 5.72. The van der Waals surface area contributed by atoms with E-state index < -0.39 is 0 Å². The highest BCUT2D eigenvalue weighted by atomic mass is 35.5. The molecule has 1 amide bonds. The summed E-state index contributed by atoms with van der Waals surface area (Å²) in [7, 11) is 0. The lowest BCUT2D eigenvalue weighted by Gasteiger charge is -2.20. The maximum absolute atomic E-state index is 13.0. The minimum atomic E-state index is -0.258. The van der Waals surface area contributed by atoms with Crippen LogP contribution in [-0.4, -0.2) is 17.5 Å². The number of anilines is 2. The molecule has 4 aromatic rings. The highest BCUT2D eigenvalue weighted by molar-refractivity contribution is 7.21. The van der Waals surface area contributed by atoms with E-state index in [1.54, 1.807) is 24.3 Å². The summed E-state index contributed by atoms with van der Waals surface area (Å²) in [6.07, 6.45) is 0.745. The Balaban J connectivity index is 1.66. The first-order chi connectivity index (χ1) is 14.6. The van der Waals surface area contributed by atoms with Gasteiger partial charge >= 0.3 is 0 Å². The first kappa shape index (κ1) is 19.1. The van der Waals surface area contributed by atoms with Crippen molar-refractivity contribution in [1.29, 1.82) is 0 Å². The van der Waals surface area contributed by atoms with E-state index in [4.69, 9.17) is 27.1 Å². The van der Waals surface area contributed by atoms with Crippen molar-refractivity contribution >= 4 is 50.4 Å². The van der Waals surface area contributed by atoms with Crippen LogP contribution >= 0.6 is 22.9 Å². The van der Waals surface area contributed by atoms with Gasteiger partial charge in [-0.3, -0.25) is 4.79 Å². The number of hydrogen-bond acceptors (Lipinski definition) is 5. The van der Waals surface area contributed by atoms with E-state index in [1.807, 2.05) is 30.3 Å². The molecule has 0 saturated heterocycles. The van der Waals surface area contributed by atoms with E-state index in [0.717, 1.165) is 39.0 Å². The number of hydrogen-bond donors (Lipinski definition) is 2. The van der Waals surface area contributed by atoms with Gasteiger partial charge in [0.2, 0.25) is 0 Å². The molecule has 0 spiro atoms. The van der Waals surface area contributed by atoms with Crippen LogP contribution in [0.1, 0.15) is 20.9 Å². The van der Waals surface area contributed by atoms with Gasteiger partial charge < -0.3 is 15.8 Å². The van der Waals surface area contributed by atoms with E-state index in [0.29, 0.717) is 34.5 Å². The van der Waals surface area contributed by atoms with Gasteiger partial charge in [-0.25, -0.2) is 4.98 Å². The largest absolute Gasteiger partial charge is 0.397 e. The number of amides is 1. The quantitative estimate of drug-likeness (QED) is 0.444. The maximum atomic E-state index is 13.0. The van der Waals surface area contributed by atoms with E-state index in [2.05, 4.69) is 5.32 Å². The molecule has 0 atom stereocenters. The molecule has 5 nitrogen and oxygen atoms in total. The average molecular weight is 436 g/mol. The minimum Gasteiger partial charge on any atom is -0.397 e. The monoisotopic (exact) mass is 435 g/mol. The van der Waals surface area contributed by atoms with Crippen LogP contribution in [0, 0.1) is 0 Å². The molecule has 5 rings (SSSR count). The number of halogens is 1. The van der Waals surface area contributed by atoms with Gasteiger partial charge in [-0.05, 0) is 29.8 Å². The Labute approximate surface area is 182 Å². The Morgan fingerprint density at radius 2 is 1.90 bits per heavy atom. The highest BCUT2D eigenvalue weighted by Crippen LogP contribution is 2.43. The van der Waals surface area contributed by atoms with Crippen molar-refractivity contribution in [1.82, 2.24) is 4.98 Å². The summed E-state index contributed by atoms with van der Waals surface area (Å²) in [6, 6.07) is 17.0. The highest BCUT2D eigenvalue weighted by Gasteiger charge is 2.26. The fourth-order valence-electron chi connectivity index (χ4n) is 3.76. The number of rotatable bonds is 3. The lowest BCUT2D eigenvalue weighted by atomic mass is 9.94. The zero-order valence-corrected chi connectivity index (χ0v) is 17.5. The molecule has 2 aromatic carbocycles. The van der Waals surface area contributed by atoms with E-state index in [-0.39, 0.29) is 5.91 Å². The Morgan fingerprint density at radius 1 is 1.13 bits per heavy atom. The van der Waals surface area contributed by atoms with E-state index in [1.165, 1.54) is 11.3 Å². The van der Waals surface area contributed by atoms with Gasteiger partial charge in [-0.1, -0.05) is 41.9 Å². The van der Waals surface area contributed by atoms with Crippen molar-refractivity contribution in [2.24, 2.45) is 0 Å². The normalized spacial score (nSPS) is 13.2. The second-order valence-corrected chi connectivity index (χ2v) is 8.50. The Kier molecular flexibility index (Phi) is 4.90. The summed E-state index contributed by atoms with van der Waals surface area (Å²) in [5, 5.41) is 4.32. The number of benzene rings is 2. The number of carbonyl (C=O) groups is 1. The van der Waals surface area contributed by atoms with Gasteiger partial charge in [-0.2, -0.15) is 0 Å². The number of fused-ring (bicyclic) bond motifs is 2. The fraction of sp³-hybridized carbons (Fsp3) is 0.130. The molecule has 3 N–H and O–H groups in total. The molecule has 30 heavy (non-hydrogen) atoms. The van der Waals surface area contributed by atoms with Crippen LogP contribution in [0.5, 0.6) is 0 Å². The molecule has 0 bridgehead atoms. The predicted molar refractivity (Wildman–Crippen MR) is 122 cm³/mol. The van der Waals surface area contributed by atoms with E-state index >= 15 is 0 Å². The van der Waals surface area contributed by atoms with Crippen molar-refractivity contribution in [3.05, 3.63) is 75.8 Å². The third-order valence-corrected chi connectivity index (χ3v) is 6.51. The van der Waals surface area contributed by atoms with Gasteiger partial charge in [-0.15, -0.1) is 11.3 Å². The van der Waals surface area contributed by atoms with Crippen LogP contribution in [0.2, 0.25) is 5.02 Å². The second kappa shape index (κ2) is 7.72. The minimum absolute atomic E-state index is 0.258. The Bertz CT molecular complexity index is 1250. The molecular weight excluding hydrogens is 418 g/mol. The SMILES string of the molecule is Nc1c(C(=O)Nc2ccc(Cl)cc2)sc2nc3c(c(-c4ccccc4)c12)COCC3. The molecule has 0 unspecified atom stereocenters. The van der Waals surface area contributed by atoms with Crippen LogP contribution in [0.3, 0.4) is 0 Å². The van der Waals surface area contributed by atoms with E-state index in [9.17, 15) is 4.79 Å². The summed E-state index contributed by atoms with van der Waals surface area (Å²) in [5.74, 6) is -0.258. The van der Waals surface area contributed by atoms with Crippen molar-refractivity contribution in [3.8, 4) is 11.1 Å². The molecule has 2 aromatic heterocycles. The fourth-order valence-corrected chi connectivity index (χ4v) is 4.90. The first-order valence-corrected chi connectivity index (χ1v) is 10.7. The number of ether oxygens (including phenoxy) is 1. The standard InChI is InChI=1S/C23H18ClN3O2S/c24-14-6-8-15(9-7-14)26-22(28)21-20(25)19-18(13-4-2-1-3-5-13)16-12-29-11-10-17(16)27-23(19)30-21/h1-9H,10-12,25H2,(H,26,28). The summed E-state index contributed by atoms with van der Waals surface area (Å²) in [4.78, 5) is 19.1. The lowest BCUT2D eigenvalue weighted by molar-refractivity contribution is 0.103. The molecule has 1 aliphatic heterocycles. The summed E-state index contributed by atoms with van der Waals surface area (Å²) in [6.45, 7) is 1.13. The number of nitrogens with two attached hydrogens (primary N) is 1. The number of nitrogens with one attached hydrogen (secondary N) is 1. The third kappa shape index (κ3) is 3.33. The molecular formula is C23H18ClN3O2S. The third-order valence-electron chi connectivity index (χ3n) is 5.16. The molecule has 0 aliphatic carbocycles. The average Bonchev–Trinajstić information content (AvgIpc) is 3.10. The summed E-state index contributed by atoms with van der Waals surface area (Å²) >= 11 is 7.25. The van der Waals surface area contributed by atoms with Gasteiger partial charge in [0.15, 0.2) is 0 Å². The zero-order valence-electron chi connectivity index (χ0n) is 15.9. The predicted octanol–water partition coefficient (Wildman–Crippen LogP) is 5.52. The van der Waals surface area contributed by atoms with Gasteiger partial charge in [0.05, 0.1) is 24.6 Å². The lowest BCUT2D eigenvalue weighted by Crippen LogP contribution is -2.13. The molecule has 150 valence electrons. The molecule has 0 fully saturated rings. The number of thiophene rings is 1. The zero-order chi connectivity index (χ0) is 20.7. The molecule has 0 saturated carbocycles. The van der Waals surface area contributed by atoms with Crippen molar-refractivity contribution in [2.75, 3.05) is 17.7 Å². The van der Waals surface area contributed by atoms with Crippen molar-refractivity contribution in [3.63, 3.8) is 0 Å². The topological polar surface area (TPSA) is 77.2 Å². The van der Waals surface area contributed by atoms with Crippen LogP contribution in [0.15, 0.2) is 54.6 Å². The number of nitrogens with zero attached hydrogens (tertiary/aromatic N) is 1. The van der Waals surface area contributed by atoms with Crippen LogP contribution in [0.25, 0.3) is 21.3 Å². The summed E-state index contributed by atoms with van der Waals surface area (Å²) in [5.41, 5.74) is 11.8.